The van der Waals surface area contributed by atoms with E-state index in [1.165, 1.54) is 0 Å². The van der Waals surface area contributed by atoms with Gasteiger partial charge in [-0.1, -0.05) is 5.16 Å². The zero-order valence-corrected chi connectivity index (χ0v) is 12.5. The average Bonchev–Trinajstić information content (AvgIpc) is 2.92. The molecule has 0 unspecified atom stereocenters. The number of hydrogen-bond donors (Lipinski definition) is 2. The van der Waals surface area contributed by atoms with E-state index in [0.717, 1.165) is 24.4 Å². The first kappa shape index (κ1) is 14.9. The van der Waals surface area contributed by atoms with E-state index in [-0.39, 0.29) is 0 Å². The lowest BCUT2D eigenvalue weighted by Crippen LogP contribution is -2.35. The molecule has 118 valence electrons. The number of hydrogen-bond acceptors (Lipinski definition) is 8. The van der Waals surface area contributed by atoms with Crippen molar-refractivity contribution < 1.29 is 9.26 Å². The Bertz CT molecular complexity index is 611. The van der Waals surface area contributed by atoms with E-state index in [4.69, 9.17) is 15.0 Å². The van der Waals surface area contributed by atoms with Gasteiger partial charge in [0.15, 0.2) is 5.82 Å². The summed E-state index contributed by atoms with van der Waals surface area (Å²) in [5.41, 5.74) is 6.88. The zero-order chi connectivity index (χ0) is 15.4. The summed E-state index contributed by atoms with van der Waals surface area (Å²) in [7, 11) is 1.60. The Kier molecular flexibility index (Phi) is 4.59. The molecule has 8 heteroatoms. The van der Waals surface area contributed by atoms with Gasteiger partial charge in [0.05, 0.1) is 0 Å². The Balaban J connectivity index is 1.49. The zero-order valence-electron chi connectivity index (χ0n) is 12.5. The molecule has 0 bridgehead atoms. The predicted molar refractivity (Wildman–Crippen MR) is 79.2 cm³/mol. The van der Waals surface area contributed by atoms with Crippen molar-refractivity contribution in [1.29, 1.82) is 0 Å². The summed E-state index contributed by atoms with van der Waals surface area (Å²) in [6.45, 7) is 1.02. The molecule has 1 aliphatic carbocycles. The molecular weight excluding hydrogens is 284 g/mol. The number of ether oxygens (including phenoxy) is 1. The van der Waals surface area contributed by atoms with E-state index in [0.29, 0.717) is 43.2 Å². The Morgan fingerprint density at radius 3 is 3.05 bits per heavy atom. The first-order valence-electron chi connectivity index (χ1n) is 7.36. The number of nitrogens with one attached hydrogen (secondary N) is 1. The van der Waals surface area contributed by atoms with Gasteiger partial charge in [0.25, 0.3) is 0 Å². The lowest BCUT2D eigenvalue weighted by atomic mass is 9.79. The number of nitrogens with two attached hydrogens (primary N) is 1. The summed E-state index contributed by atoms with van der Waals surface area (Å²) >= 11 is 0. The molecule has 0 amide bonds. The van der Waals surface area contributed by atoms with Crippen LogP contribution in [0.4, 0.5) is 5.82 Å². The quantitative estimate of drug-likeness (QED) is 0.774. The van der Waals surface area contributed by atoms with Crippen molar-refractivity contribution in [2.45, 2.75) is 37.8 Å². The first-order chi connectivity index (χ1) is 10.7. The molecule has 0 aliphatic heterocycles. The fourth-order valence-corrected chi connectivity index (χ4v) is 2.47. The molecular formula is C14H20N6O2. The van der Waals surface area contributed by atoms with Gasteiger partial charge >= 0.3 is 0 Å². The lowest BCUT2D eigenvalue weighted by Gasteiger charge is -2.31. The van der Waals surface area contributed by atoms with Crippen LogP contribution in [0.1, 0.15) is 36.2 Å². The second kappa shape index (κ2) is 6.80. The van der Waals surface area contributed by atoms with Crippen molar-refractivity contribution in [3.05, 3.63) is 29.8 Å². The molecule has 1 fully saturated rings. The van der Waals surface area contributed by atoms with Crippen LogP contribution in [0.5, 0.6) is 0 Å². The highest BCUT2D eigenvalue weighted by Gasteiger charge is 2.28. The number of nitrogens with zero attached hydrogens (tertiary/aromatic N) is 4. The second-order valence-corrected chi connectivity index (χ2v) is 5.47. The maximum absolute atomic E-state index is 5.82. The Hall–Kier alpha value is -2.06. The highest BCUT2D eigenvalue weighted by molar-refractivity contribution is 5.36. The van der Waals surface area contributed by atoms with E-state index < -0.39 is 0 Å². The summed E-state index contributed by atoms with van der Waals surface area (Å²) in [4.78, 5) is 12.8. The van der Waals surface area contributed by atoms with Crippen LogP contribution in [0.25, 0.3) is 0 Å². The second-order valence-electron chi connectivity index (χ2n) is 5.47. The molecule has 0 saturated heterocycles. The monoisotopic (exact) mass is 304 g/mol. The lowest BCUT2D eigenvalue weighted by molar-refractivity contribution is 0.174. The fraction of sp³-hybridized carbons (Fsp3) is 0.571. The minimum Gasteiger partial charge on any atom is -0.377 e. The Morgan fingerprint density at radius 1 is 1.41 bits per heavy atom. The van der Waals surface area contributed by atoms with Gasteiger partial charge < -0.3 is 20.3 Å². The van der Waals surface area contributed by atoms with Crippen molar-refractivity contribution >= 4 is 5.82 Å². The molecule has 0 aromatic carbocycles. The van der Waals surface area contributed by atoms with Gasteiger partial charge in [-0.3, -0.25) is 0 Å². The van der Waals surface area contributed by atoms with Crippen molar-refractivity contribution in [2.75, 3.05) is 19.0 Å². The third kappa shape index (κ3) is 3.58. The van der Waals surface area contributed by atoms with E-state index in [9.17, 15) is 0 Å². The van der Waals surface area contributed by atoms with Crippen molar-refractivity contribution in [1.82, 2.24) is 20.1 Å². The standard InChI is InChI=1S/C14H20N6O2/c1-21-7-13-19-14(22-20-13)2-3-16-12-6-11(17-8-18-12)9-4-10(15)5-9/h6,8-10H,2-5,7,15H2,1H3,(H,16,17,18). The minimum atomic E-state index is 0.315. The molecule has 0 radical (unpaired) electrons. The fourth-order valence-electron chi connectivity index (χ4n) is 2.47. The van der Waals surface area contributed by atoms with E-state index in [1.807, 2.05) is 6.07 Å². The molecule has 1 saturated carbocycles. The van der Waals surface area contributed by atoms with E-state index >= 15 is 0 Å². The molecule has 8 nitrogen and oxygen atoms in total. The largest absolute Gasteiger partial charge is 0.377 e. The van der Waals surface area contributed by atoms with Crippen LogP contribution >= 0.6 is 0 Å². The number of rotatable bonds is 7. The molecule has 2 aromatic rings. The van der Waals surface area contributed by atoms with Gasteiger partial charge in [0.1, 0.15) is 18.8 Å². The molecule has 1 aliphatic rings. The van der Waals surface area contributed by atoms with Crippen LogP contribution in [0.2, 0.25) is 0 Å². The SMILES string of the molecule is COCc1noc(CCNc2cc(C3CC(N)C3)ncn2)n1. The van der Waals surface area contributed by atoms with Crippen LogP contribution in [0.3, 0.4) is 0 Å². The highest BCUT2D eigenvalue weighted by atomic mass is 16.5. The average molecular weight is 304 g/mol. The normalized spacial score (nSPS) is 20.6. The maximum Gasteiger partial charge on any atom is 0.228 e. The number of methoxy groups -OCH3 is 1. The van der Waals surface area contributed by atoms with Crippen LogP contribution < -0.4 is 11.1 Å². The van der Waals surface area contributed by atoms with Gasteiger partial charge in [0.2, 0.25) is 5.89 Å². The molecule has 22 heavy (non-hydrogen) atoms. The molecule has 3 N–H and O–H groups in total. The van der Waals surface area contributed by atoms with Gasteiger partial charge in [-0.15, -0.1) is 0 Å². The smallest absolute Gasteiger partial charge is 0.228 e. The van der Waals surface area contributed by atoms with Gasteiger partial charge in [-0.2, -0.15) is 4.98 Å². The summed E-state index contributed by atoms with van der Waals surface area (Å²) in [6.07, 6.45) is 4.22. The third-order valence-electron chi connectivity index (χ3n) is 3.71. The van der Waals surface area contributed by atoms with Crippen molar-refractivity contribution in [3.8, 4) is 0 Å². The maximum atomic E-state index is 5.82. The van der Waals surface area contributed by atoms with Crippen LogP contribution in [0.15, 0.2) is 16.9 Å². The minimum absolute atomic E-state index is 0.315. The number of aromatic nitrogens is 4. The van der Waals surface area contributed by atoms with Crippen LogP contribution in [-0.2, 0) is 17.8 Å². The Morgan fingerprint density at radius 2 is 2.27 bits per heavy atom. The molecule has 2 heterocycles. The molecule has 3 rings (SSSR count). The highest BCUT2D eigenvalue weighted by Crippen LogP contribution is 2.34. The van der Waals surface area contributed by atoms with E-state index in [1.54, 1.807) is 13.4 Å². The summed E-state index contributed by atoms with van der Waals surface area (Å²) < 4.78 is 10.1. The molecule has 0 atom stereocenters. The van der Waals surface area contributed by atoms with Crippen LogP contribution in [0, 0.1) is 0 Å². The van der Waals surface area contributed by atoms with E-state index in [2.05, 4.69) is 25.4 Å². The van der Waals surface area contributed by atoms with Gasteiger partial charge in [-0.25, -0.2) is 9.97 Å². The van der Waals surface area contributed by atoms with Crippen molar-refractivity contribution in [2.24, 2.45) is 5.73 Å². The predicted octanol–water partition coefficient (Wildman–Crippen LogP) is 0.865. The topological polar surface area (TPSA) is 112 Å². The number of anilines is 1. The molecule has 2 aromatic heterocycles. The van der Waals surface area contributed by atoms with Gasteiger partial charge in [0, 0.05) is 43.8 Å². The van der Waals surface area contributed by atoms with Crippen LogP contribution in [-0.4, -0.2) is 39.8 Å². The summed E-state index contributed by atoms with van der Waals surface area (Å²) in [6, 6.07) is 2.30. The van der Waals surface area contributed by atoms with Crippen molar-refractivity contribution in [3.63, 3.8) is 0 Å². The van der Waals surface area contributed by atoms with Gasteiger partial charge in [-0.05, 0) is 12.8 Å². The Labute approximate surface area is 128 Å². The summed E-state index contributed by atoms with van der Waals surface area (Å²) in [5.74, 6) is 2.41. The summed E-state index contributed by atoms with van der Waals surface area (Å²) in [5, 5.41) is 7.07. The third-order valence-corrected chi connectivity index (χ3v) is 3.71. The first-order valence-corrected chi connectivity index (χ1v) is 7.36. The molecule has 0 spiro atoms.